The van der Waals surface area contributed by atoms with Crippen molar-refractivity contribution in [3.63, 3.8) is 0 Å². The Balaban J connectivity index is 2.99. The molecule has 0 atom stereocenters. The van der Waals surface area contributed by atoms with Gasteiger partial charge in [0.1, 0.15) is 5.69 Å². The lowest BCUT2D eigenvalue weighted by molar-refractivity contribution is 0.0991. The molecular weight excluding hydrogens is 154 g/mol. The summed E-state index contributed by atoms with van der Waals surface area (Å²) in [6.07, 6.45) is 2.68. The van der Waals surface area contributed by atoms with Gasteiger partial charge >= 0.3 is 0 Å². The molecule has 1 heterocycles. The summed E-state index contributed by atoms with van der Waals surface area (Å²) in [5.74, 6) is -0.430. The average Bonchev–Trinajstić information content (AvgIpc) is 2.32. The second-order valence-electron chi connectivity index (χ2n) is 2.72. The summed E-state index contributed by atoms with van der Waals surface area (Å²) < 4.78 is 1.78. The van der Waals surface area contributed by atoms with Crippen LogP contribution in [0.2, 0.25) is 0 Å². The van der Waals surface area contributed by atoms with E-state index in [1.807, 2.05) is 6.92 Å². The van der Waals surface area contributed by atoms with Crippen molar-refractivity contribution in [3.05, 3.63) is 18.0 Å². The third kappa shape index (κ3) is 1.58. The zero-order valence-electron chi connectivity index (χ0n) is 7.08. The van der Waals surface area contributed by atoms with Gasteiger partial charge in [-0.3, -0.25) is 4.79 Å². The van der Waals surface area contributed by atoms with Crippen LogP contribution in [0.3, 0.4) is 0 Å². The number of primary amides is 1. The van der Waals surface area contributed by atoms with Gasteiger partial charge in [0, 0.05) is 12.7 Å². The van der Waals surface area contributed by atoms with E-state index < -0.39 is 5.91 Å². The highest BCUT2D eigenvalue weighted by Crippen LogP contribution is 2.10. The lowest BCUT2D eigenvalue weighted by Crippen LogP contribution is -2.16. The molecule has 0 aromatic carbocycles. The molecule has 1 aromatic heterocycles. The van der Waals surface area contributed by atoms with Crippen LogP contribution in [0.1, 0.15) is 23.8 Å². The highest BCUT2D eigenvalue weighted by molar-refractivity contribution is 5.92. The first-order valence-electron chi connectivity index (χ1n) is 3.90. The first kappa shape index (κ1) is 8.64. The Bertz CT molecular complexity index is 290. The summed E-state index contributed by atoms with van der Waals surface area (Å²) in [7, 11) is 0. The summed E-state index contributed by atoms with van der Waals surface area (Å²) in [6, 6.07) is 1.60. The van der Waals surface area contributed by atoms with Crippen LogP contribution in [0, 0.1) is 0 Å². The number of aromatic nitrogens is 1. The monoisotopic (exact) mass is 167 g/mol. The van der Waals surface area contributed by atoms with Crippen LogP contribution in [-0.4, -0.2) is 10.5 Å². The van der Waals surface area contributed by atoms with E-state index >= 15 is 0 Å². The molecule has 12 heavy (non-hydrogen) atoms. The van der Waals surface area contributed by atoms with Crippen molar-refractivity contribution in [1.29, 1.82) is 0 Å². The Hall–Kier alpha value is -1.45. The standard InChI is InChI=1S/C8H13N3O/c1-2-3-11-5-6(9)4-7(11)8(10)12/h4-5H,2-3,9H2,1H3,(H2,10,12). The summed E-state index contributed by atoms with van der Waals surface area (Å²) in [4.78, 5) is 10.9. The number of anilines is 1. The molecule has 0 fully saturated rings. The average molecular weight is 167 g/mol. The Morgan fingerprint density at radius 1 is 1.67 bits per heavy atom. The fourth-order valence-electron chi connectivity index (χ4n) is 1.17. The van der Waals surface area contributed by atoms with E-state index in [1.54, 1.807) is 16.8 Å². The molecule has 4 N–H and O–H groups in total. The van der Waals surface area contributed by atoms with Crippen molar-refractivity contribution < 1.29 is 4.79 Å². The number of hydrogen-bond acceptors (Lipinski definition) is 2. The first-order chi connectivity index (χ1) is 5.65. The van der Waals surface area contributed by atoms with Gasteiger partial charge in [-0.15, -0.1) is 0 Å². The maximum atomic E-state index is 10.9. The van der Waals surface area contributed by atoms with Gasteiger partial charge in [-0.05, 0) is 12.5 Å². The maximum absolute atomic E-state index is 10.9. The molecule has 66 valence electrons. The van der Waals surface area contributed by atoms with Crippen LogP contribution in [0.25, 0.3) is 0 Å². The lowest BCUT2D eigenvalue weighted by atomic mass is 10.4. The fourth-order valence-corrected chi connectivity index (χ4v) is 1.17. The number of carbonyl (C=O) groups excluding carboxylic acids is 1. The molecule has 1 aromatic rings. The van der Waals surface area contributed by atoms with E-state index in [2.05, 4.69) is 0 Å². The zero-order chi connectivity index (χ0) is 9.14. The number of amides is 1. The molecule has 0 bridgehead atoms. The second kappa shape index (κ2) is 3.30. The van der Waals surface area contributed by atoms with Crippen molar-refractivity contribution >= 4 is 11.6 Å². The predicted molar refractivity (Wildman–Crippen MR) is 47.7 cm³/mol. The predicted octanol–water partition coefficient (Wildman–Crippen LogP) is 0.579. The van der Waals surface area contributed by atoms with Crippen LogP contribution < -0.4 is 11.5 Å². The molecule has 1 amide bonds. The number of rotatable bonds is 3. The van der Waals surface area contributed by atoms with Gasteiger partial charge in [0.25, 0.3) is 5.91 Å². The van der Waals surface area contributed by atoms with Crippen molar-refractivity contribution in [2.24, 2.45) is 5.73 Å². The van der Waals surface area contributed by atoms with E-state index in [9.17, 15) is 4.79 Å². The highest BCUT2D eigenvalue weighted by atomic mass is 16.1. The van der Waals surface area contributed by atoms with E-state index in [0.29, 0.717) is 11.4 Å². The summed E-state index contributed by atoms with van der Waals surface area (Å²) in [6.45, 7) is 2.80. The molecule has 0 aliphatic heterocycles. The SMILES string of the molecule is CCCn1cc(N)cc1C(N)=O. The maximum Gasteiger partial charge on any atom is 0.265 e. The molecule has 4 heteroatoms. The van der Waals surface area contributed by atoms with Crippen molar-refractivity contribution in [2.45, 2.75) is 19.9 Å². The first-order valence-corrected chi connectivity index (χ1v) is 3.90. The lowest BCUT2D eigenvalue weighted by Gasteiger charge is -2.02. The van der Waals surface area contributed by atoms with Crippen LogP contribution >= 0.6 is 0 Å². The van der Waals surface area contributed by atoms with Gasteiger partial charge in [0.15, 0.2) is 0 Å². The second-order valence-corrected chi connectivity index (χ2v) is 2.72. The largest absolute Gasteiger partial charge is 0.397 e. The Labute approximate surface area is 71.2 Å². The minimum atomic E-state index is -0.430. The third-order valence-corrected chi connectivity index (χ3v) is 1.63. The highest BCUT2D eigenvalue weighted by Gasteiger charge is 2.07. The van der Waals surface area contributed by atoms with Gasteiger partial charge in [-0.2, -0.15) is 0 Å². The quantitative estimate of drug-likeness (QED) is 0.691. The molecule has 0 saturated heterocycles. The molecular formula is C8H13N3O. The minimum Gasteiger partial charge on any atom is -0.397 e. The molecule has 0 radical (unpaired) electrons. The summed E-state index contributed by atoms with van der Waals surface area (Å²) >= 11 is 0. The molecule has 4 nitrogen and oxygen atoms in total. The number of nitrogens with zero attached hydrogens (tertiary/aromatic N) is 1. The minimum absolute atomic E-state index is 0.430. The summed E-state index contributed by atoms with van der Waals surface area (Å²) in [5.41, 5.74) is 11.7. The van der Waals surface area contributed by atoms with Crippen molar-refractivity contribution in [1.82, 2.24) is 4.57 Å². The van der Waals surface area contributed by atoms with E-state index in [1.165, 1.54) is 0 Å². The number of nitrogens with two attached hydrogens (primary N) is 2. The Morgan fingerprint density at radius 2 is 2.33 bits per heavy atom. The van der Waals surface area contributed by atoms with Crippen molar-refractivity contribution in [3.8, 4) is 0 Å². The summed E-state index contributed by atoms with van der Waals surface area (Å²) in [5, 5.41) is 0. The van der Waals surface area contributed by atoms with Crippen LogP contribution in [0.4, 0.5) is 5.69 Å². The molecule has 0 spiro atoms. The number of aryl methyl sites for hydroxylation is 1. The topological polar surface area (TPSA) is 74.0 Å². The van der Waals surface area contributed by atoms with Gasteiger partial charge in [0.2, 0.25) is 0 Å². The Kier molecular flexibility index (Phi) is 2.38. The molecule has 0 unspecified atom stereocenters. The van der Waals surface area contributed by atoms with Gasteiger partial charge in [0.05, 0.1) is 5.69 Å². The van der Waals surface area contributed by atoms with E-state index in [0.717, 1.165) is 13.0 Å². The van der Waals surface area contributed by atoms with Gasteiger partial charge in [-0.25, -0.2) is 0 Å². The van der Waals surface area contributed by atoms with Crippen LogP contribution in [0.15, 0.2) is 12.3 Å². The van der Waals surface area contributed by atoms with Crippen LogP contribution in [-0.2, 0) is 6.54 Å². The normalized spacial score (nSPS) is 10.1. The molecule has 0 aliphatic rings. The van der Waals surface area contributed by atoms with Gasteiger partial charge in [-0.1, -0.05) is 6.92 Å². The van der Waals surface area contributed by atoms with E-state index in [-0.39, 0.29) is 0 Å². The molecule has 0 saturated carbocycles. The third-order valence-electron chi connectivity index (χ3n) is 1.63. The van der Waals surface area contributed by atoms with Crippen molar-refractivity contribution in [2.75, 3.05) is 5.73 Å². The Morgan fingerprint density at radius 3 is 2.83 bits per heavy atom. The smallest absolute Gasteiger partial charge is 0.265 e. The number of carbonyl (C=O) groups is 1. The molecule has 1 rings (SSSR count). The molecule has 0 aliphatic carbocycles. The van der Waals surface area contributed by atoms with E-state index in [4.69, 9.17) is 11.5 Å². The van der Waals surface area contributed by atoms with Crippen LogP contribution in [0.5, 0.6) is 0 Å². The number of hydrogen-bond donors (Lipinski definition) is 2. The van der Waals surface area contributed by atoms with Gasteiger partial charge < -0.3 is 16.0 Å². The fraction of sp³-hybridized carbons (Fsp3) is 0.375. The zero-order valence-corrected chi connectivity index (χ0v) is 7.08. The number of nitrogen functional groups attached to an aromatic ring is 1.